The summed E-state index contributed by atoms with van der Waals surface area (Å²) in [4.78, 5) is 26.4. The lowest BCUT2D eigenvalue weighted by atomic mass is 9.80. The molecule has 2 N–H and O–H groups in total. The summed E-state index contributed by atoms with van der Waals surface area (Å²) in [5.74, 6) is 0.442. The summed E-state index contributed by atoms with van der Waals surface area (Å²) in [7, 11) is 0. The monoisotopic (exact) mass is 295 g/mol. The standard InChI is InChI=1S/C16H29N3O2/c1-3-7-16(8-9-17-12-16)15(21)19-10-5-13(6-11-19)18-14(20)4-2/h13,17H,3-12H2,1-2H3,(H,18,20). The molecule has 21 heavy (non-hydrogen) atoms. The number of piperidine rings is 1. The van der Waals surface area contributed by atoms with Gasteiger partial charge in [-0.05, 0) is 32.2 Å². The Balaban J connectivity index is 1.89. The Morgan fingerprint density at radius 1 is 1.29 bits per heavy atom. The molecule has 0 bridgehead atoms. The Hall–Kier alpha value is -1.10. The van der Waals surface area contributed by atoms with E-state index < -0.39 is 0 Å². The number of amides is 2. The number of carbonyl (C=O) groups is 2. The van der Waals surface area contributed by atoms with Crippen molar-refractivity contribution in [3.05, 3.63) is 0 Å². The third-order valence-corrected chi connectivity index (χ3v) is 4.89. The topological polar surface area (TPSA) is 61.4 Å². The van der Waals surface area contributed by atoms with Crippen LogP contribution in [0.3, 0.4) is 0 Å². The van der Waals surface area contributed by atoms with Gasteiger partial charge in [-0.25, -0.2) is 0 Å². The van der Waals surface area contributed by atoms with Crippen LogP contribution >= 0.6 is 0 Å². The van der Waals surface area contributed by atoms with Gasteiger partial charge in [0.15, 0.2) is 0 Å². The summed E-state index contributed by atoms with van der Waals surface area (Å²) in [5, 5.41) is 6.40. The summed E-state index contributed by atoms with van der Waals surface area (Å²) >= 11 is 0. The van der Waals surface area contributed by atoms with E-state index in [4.69, 9.17) is 0 Å². The van der Waals surface area contributed by atoms with E-state index in [1.165, 1.54) is 0 Å². The molecule has 5 heteroatoms. The molecule has 2 saturated heterocycles. The molecule has 0 aromatic carbocycles. The average molecular weight is 295 g/mol. The maximum absolute atomic E-state index is 12.9. The van der Waals surface area contributed by atoms with Crippen LogP contribution in [0.25, 0.3) is 0 Å². The molecule has 120 valence electrons. The molecule has 0 aromatic rings. The van der Waals surface area contributed by atoms with Crippen LogP contribution in [-0.2, 0) is 9.59 Å². The molecule has 5 nitrogen and oxygen atoms in total. The quantitative estimate of drug-likeness (QED) is 0.803. The molecule has 0 aromatic heterocycles. The molecule has 2 aliphatic heterocycles. The second-order valence-corrected chi connectivity index (χ2v) is 6.44. The zero-order chi connectivity index (χ0) is 15.3. The van der Waals surface area contributed by atoms with Crippen molar-refractivity contribution in [1.29, 1.82) is 0 Å². The van der Waals surface area contributed by atoms with Crippen molar-refractivity contribution in [1.82, 2.24) is 15.5 Å². The molecule has 0 radical (unpaired) electrons. The van der Waals surface area contributed by atoms with E-state index in [9.17, 15) is 9.59 Å². The van der Waals surface area contributed by atoms with Crippen molar-refractivity contribution < 1.29 is 9.59 Å². The van der Waals surface area contributed by atoms with E-state index in [1.807, 2.05) is 11.8 Å². The van der Waals surface area contributed by atoms with Gasteiger partial charge in [0.2, 0.25) is 11.8 Å². The third kappa shape index (κ3) is 3.76. The minimum Gasteiger partial charge on any atom is -0.353 e. The van der Waals surface area contributed by atoms with Gasteiger partial charge in [-0.3, -0.25) is 9.59 Å². The fourth-order valence-electron chi connectivity index (χ4n) is 3.62. The first-order valence-electron chi connectivity index (χ1n) is 8.41. The van der Waals surface area contributed by atoms with Gasteiger partial charge >= 0.3 is 0 Å². The zero-order valence-corrected chi connectivity index (χ0v) is 13.4. The molecule has 2 amide bonds. The minimum absolute atomic E-state index is 0.113. The van der Waals surface area contributed by atoms with E-state index in [1.54, 1.807) is 0 Å². The largest absolute Gasteiger partial charge is 0.353 e. The normalized spacial score (nSPS) is 26.9. The number of carbonyl (C=O) groups excluding carboxylic acids is 2. The zero-order valence-electron chi connectivity index (χ0n) is 13.4. The SMILES string of the molecule is CCCC1(C(=O)N2CCC(NC(=O)CC)CC2)CCNC1. The van der Waals surface area contributed by atoms with E-state index in [-0.39, 0.29) is 17.4 Å². The Bertz CT molecular complexity index is 370. The van der Waals surface area contributed by atoms with Crippen molar-refractivity contribution in [2.75, 3.05) is 26.2 Å². The second kappa shape index (κ2) is 7.25. The van der Waals surface area contributed by atoms with Gasteiger partial charge in [0.1, 0.15) is 0 Å². The lowest BCUT2D eigenvalue weighted by Crippen LogP contribution is -2.51. The minimum atomic E-state index is -0.172. The first-order chi connectivity index (χ1) is 10.1. The molecule has 2 rings (SSSR count). The molecule has 0 aliphatic carbocycles. The van der Waals surface area contributed by atoms with Gasteiger partial charge in [0, 0.05) is 32.1 Å². The van der Waals surface area contributed by atoms with Crippen LogP contribution in [0.15, 0.2) is 0 Å². The number of rotatable bonds is 5. The summed E-state index contributed by atoms with van der Waals surface area (Å²) in [6.45, 7) is 7.36. The van der Waals surface area contributed by atoms with Crippen molar-refractivity contribution in [2.45, 2.75) is 58.4 Å². The lowest BCUT2D eigenvalue weighted by molar-refractivity contribution is -0.142. The molecule has 1 atom stereocenters. The van der Waals surface area contributed by atoms with Crippen molar-refractivity contribution in [3.63, 3.8) is 0 Å². The molecular weight excluding hydrogens is 266 g/mol. The van der Waals surface area contributed by atoms with Gasteiger partial charge in [0.25, 0.3) is 0 Å². The molecular formula is C16H29N3O2. The Labute approximate surface area is 127 Å². The third-order valence-electron chi connectivity index (χ3n) is 4.89. The number of nitrogens with zero attached hydrogens (tertiary/aromatic N) is 1. The van der Waals surface area contributed by atoms with E-state index in [0.29, 0.717) is 12.3 Å². The Morgan fingerprint density at radius 3 is 2.52 bits per heavy atom. The first-order valence-corrected chi connectivity index (χ1v) is 8.41. The Morgan fingerprint density at radius 2 is 2.00 bits per heavy atom. The predicted octanol–water partition coefficient (Wildman–Crippen LogP) is 1.28. The highest BCUT2D eigenvalue weighted by atomic mass is 16.2. The highest BCUT2D eigenvalue weighted by Gasteiger charge is 2.43. The highest BCUT2D eigenvalue weighted by molar-refractivity contribution is 5.83. The molecule has 1 unspecified atom stereocenters. The molecule has 2 heterocycles. The van der Waals surface area contributed by atoms with Crippen LogP contribution in [0.4, 0.5) is 0 Å². The van der Waals surface area contributed by atoms with Gasteiger partial charge in [0.05, 0.1) is 5.41 Å². The van der Waals surface area contributed by atoms with E-state index in [2.05, 4.69) is 17.6 Å². The Kier molecular flexibility index (Phi) is 5.62. The van der Waals surface area contributed by atoms with Crippen LogP contribution in [0.1, 0.15) is 52.4 Å². The number of hydrogen-bond acceptors (Lipinski definition) is 3. The molecule has 2 aliphatic rings. The second-order valence-electron chi connectivity index (χ2n) is 6.44. The van der Waals surface area contributed by atoms with Crippen LogP contribution in [0.2, 0.25) is 0 Å². The van der Waals surface area contributed by atoms with Crippen LogP contribution in [0, 0.1) is 5.41 Å². The van der Waals surface area contributed by atoms with Crippen molar-refractivity contribution in [2.24, 2.45) is 5.41 Å². The maximum Gasteiger partial charge on any atom is 0.230 e. The molecule has 0 spiro atoms. The number of likely N-dealkylation sites (tertiary alicyclic amines) is 1. The summed E-state index contributed by atoms with van der Waals surface area (Å²) in [6.07, 6.45) is 5.29. The van der Waals surface area contributed by atoms with Crippen LogP contribution in [-0.4, -0.2) is 48.9 Å². The summed E-state index contributed by atoms with van der Waals surface area (Å²) in [6, 6.07) is 0.241. The number of hydrogen-bond donors (Lipinski definition) is 2. The van der Waals surface area contributed by atoms with Gasteiger partial charge in [-0.1, -0.05) is 20.3 Å². The molecule has 0 saturated carbocycles. The van der Waals surface area contributed by atoms with Crippen molar-refractivity contribution in [3.8, 4) is 0 Å². The van der Waals surface area contributed by atoms with E-state index in [0.717, 1.165) is 58.3 Å². The first kappa shape index (κ1) is 16.3. The van der Waals surface area contributed by atoms with Gasteiger partial charge in [-0.15, -0.1) is 0 Å². The van der Waals surface area contributed by atoms with Crippen molar-refractivity contribution >= 4 is 11.8 Å². The maximum atomic E-state index is 12.9. The van der Waals surface area contributed by atoms with Gasteiger partial charge < -0.3 is 15.5 Å². The van der Waals surface area contributed by atoms with E-state index >= 15 is 0 Å². The van der Waals surface area contributed by atoms with Gasteiger partial charge in [-0.2, -0.15) is 0 Å². The summed E-state index contributed by atoms with van der Waals surface area (Å²) in [5.41, 5.74) is -0.172. The number of nitrogens with one attached hydrogen (secondary N) is 2. The van der Waals surface area contributed by atoms with Crippen LogP contribution in [0.5, 0.6) is 0 Å². The average Bonchev–Trinajstić information content (AvgIpc) is 2.97. The fraction of sp³-hybridized carbons (Fsp3) is 0.875. The highest BCUT2D eigenvalue weighted by Crippen LogP contribution is 2.34. The fourth-order valence-corrected chi connectivity index (χ4v) is 3.62. The summed E-state index contributed by atoms with van der Waals surface area (Å²) < 4.78 is 0. The smallest absolute Gasteiger partial charge is 0.230 e. The molecule has 2 fully saturated rings. The predicted molar refractivity (Wildman–Crippen MR) is 82.9 cm³/mol. The van der Waals surface area contributed by atoms with Crippen LogP contribution < -0.4 is 10.6 Å². The lowest BCUT2D eigenvalue weighted by Gasteiger charge is -2.38.